The van der Waals surface area contributed by atoms with E-state index in [2.05, 4.69) is 16.0 Å². The molecule has 1 aromatic carbocycles. The fraction of sp³-hybridized carbons (Fsp3) is 0.560. The molecule has 0 aromatic heterocycles. The fourth-order valence-corrected chi connectivity index (χ4v) is 4.48. The molecule has 2 aliphatic rings. The number of ketones is 1. The lowest BCUT2D eigenvalue weighted by Gasteiger charge is -2.32. The average Bonchev–Trinajstić information content (AvgIpc) is 3.31. The zero-order chi connectivity index (χ0) is 25.8. The maximum Gasteiger partial charge on any atom is 0.408 e. The Morgan fingerprint density at radius 1 is 1.17 bits per heavy atom. The van der Waals surface area contributed by atoms with Crippen LogP contribution in [-0.4, -0.2) is 64.7 Å². The second kappa shape index (κ2) is 10.9. The van der Waals surface area contributed by atoms with E-state index in [1.807, 2.05) is 30.3 Å². The van der Waals surface area contributed by atoms with Crippen molar-refractivity contribution in [1.29, 1.82) is 0 Å². The Labute approximate surface area is 205 Å². The lowest BCUT2D eigenvalue weighted by atomic mass is 9.93. The maximum atomic E-state index is 13.3. The summed E-state index contributed by atoms with van der Waals surface area (Å²) < 4.78 is 5.23. The quantitative estimate of drug-likeness (QED) is 0.474. The molecule has 0 bridgehead atoms. The molecule has 0 aliphatic carbocycles. The van der Waals surface area contributed by atoms with Gasteiger partial charge in [-0.1, -0.05) is 30.3 Å². The van der Waals surface area contributed by atoms with Gasteiger partial charge in [0.25, 0.3) is 5.91 Å². The molecule has 3 rings (SSSR count). The van der Waals surface area contributed by atoms with E-state index in [4.69, 9.17) is 4.74 Å². The van der Waals surface area contributed by atoms with Gasteiger partial charge in [-0.2, -0.15) is 0 Å². The first kappa shape index (κ1) is 26.2. The van der Waals surface area contributed by atoms with Gasteiger partial charge in [-0.25, -0.2) is 4.79 Å². The summed E-state index contributed by atoms with van der Waals surface area (Å²) in [7, 11) is 0. The van der Waals surface area contributed by atoms with Crippen LogP contribution < -0.4 is 16.0 Å². The van der Waals surface area contributed by atoms with Crippen molar-refractivity contribution >= 4 is 29.6 Å². The summed E-state index contributed by atoms with van der Waals surface area (Å²) in [5, 5.41) is 7.96. The Morgan fingerprint density at radius 2 is 1.86 bits per heavy atom. The molecule has 0 spiro atoms. The molecule has 2 unspecified atom stereocenters. The van der Waals surface area contributed by atoms with E-state index in [0.29, 0.717) is 13.0 Å². The van der Waals surface area contributed by atoms with Crippen molar-refractivity contribution in [2.75, 3.05) is 6.54 Å². The molecule has 10 nitrogen and oxygen atoms in total. The summed E-state index contributed by atoms with van der Waals surface area (Å²) in [5.41, 5.74) is 0.163. The molecular weight excluding hydrogens is 452 g/mol. The van der Waals surface area contributed by atoms with Gasteiger partial charge in [-0.15, -0.1) is 0 Å². The smallest absolute Gasteiger partial charge is 0.408 e. The highest BCUT2D eigenvalue weighted by molar-refractivity contribution is 6.38. The third-order valence-electron chi connectivity index (χ3n) is 6.13. The monoisotopic (exact) mass is 486 g/mol. The number of hydrogen-bond donors (Lipinski definition) is 3. The molecule has 0 radical (unpaired) electrons. The minimum atomic E-state index is -1.11. The summed E-state index contributed by atoms with van der Waals surface area (Å²) in [6, 6.07) is 6.70. The largest absolute Gasteiger partial charge is 0.445 e. The first-order valence-corrected chi connectivity index (χ1v) is 11.9. The molecule has 2 saturated heterocycles. The number of alkyl carbamates (subject to hydrolysis) is 1. The third-order valence-corrected chi connectivity index (χ3v) is 6.13. The molecular formula is C25H34N4O6. The predicted octanol–water partition coefficient (Wildman–Crippen LogP) is 1.28. The average molecular weight is 487 g/mol. The zero-order valence-corrected chi connectivity index (χ0v) is 20.6. The highest BCUT2D eigenvalue weighted by Crippen LogP contribution is 2.28. The predicted molar refractivity (Wildman–Crippen MR) is 127 cm³/mol. The van der Waals surface area contributed by atoms with Crippen LogP contribution >= 0.6 is 0 Å². The fourth-order valence-electron chi connectivity index (χ4n) is 4.48. The number of hydrogen-bond acceptors (Lipinski definition) is 6. The number of nitrogens with one attached hydrogen (secondary N) is 3. The summed E-state index contributed by atoms with van der Waals surface area (Å²) in [4.78, 5) is 65.1. The molecule has 1 aromatic rings. The lowest BCUT2D eigenvalue weighted by Crippen LogP contribution is -2.55. The van der Waals surface area contributed by atoms with Crippen LogP contribution in [0.3, 0.4) is 0 Å². The molecule has 4 atom stereocenters. The van der Waals surface area contributed by atoms with Gasteiger partial charge < -0.3 is 25.6 Å². The molecule has 35 heavy (non-hydrogen) atoms. The zero-order valence-electron chi connectivity index (χ0n) is 20.6. The third kappa shape index (κ3) is 6.80. The van der Waals surface area contributed by atoms with Crippen molar-refractivity contribution in [3.8, 4) is 0 Å². The number of carbonyl (C=O) groups excluding carboxylic acids is 5. The van der Waals surface area contributed by atoms with Crippen LogP contribution in [0.15, 0.2) is 30.3 Å². The van der Waals surface area contributed by atoms with E-state index in [1.54, 1.807) is 27.7 Å². The Morgan fingerprint density at radius 3 is 2.46 bits per heavy atom. The second-order valence-electron chi connectivity index (χ2n) is 10.2. The van der Waals surface area contributed by atoms with Gasteiger partial charge in [0.2, 0.25) is 17.6 Å². The number of amides is 4. The number of carbonyl (C=O) groups is 5. The number of rotatable bonds is 8. The van der Waals surface area contributed by atoms with Crippen molar-refractivity contribution < 1.29 is 28.7 Å². The van der Waals surface area contributed by atoms with Gasteiger partial charge in [0.1, 0.15) is 18.7 Å². The van der Waals surface area contributed by atoms with E-state index in [9.17, 15) is 24.0 Å². The number of ether oxygens (including phenoxy) is 1. The highest BCUT2D eigenvalue weighted by Gasteiger charge is 2.47. The molecule has 2 heterocycles. The van der Waals surface area contributed by atoms with Gasteiger partial charge in [0.15, 0.2) is 0 Å². The topological polar surface area (TPSA) is 134 Å². The normalized spacial score (nSPS) is 23.0. The van der Waals surface area contributed by atoms with Gasteiger partial charge in [-0.05, 0) is 52.5 Å². The van der Waals surface area contributed by atoms with Crippen molar-refractivity contribution in [2.24, 2.45) is 5.92 Å². The molecule has 2 fully saturated rings. The minimum Gasteiger partial charge on any atom is -0.445 e. The standard InChI is InChI=1S/C25H34N4O6/c1-15-12-18(27-24(34)35-14-16-8-6-5-7-9-16)23(33)29(15)19(13-17-10-11-26-21(17)31)20(30)22(32)28-25(2,3)4/h5-9,15,17-19H,10-14H2,1-4H3,(H,26,31)(H,27,34)(H,28,32)/t15?,17?,18-,19-/m0/s1. The SMILES string of the molecule is CC1C[C@H](NC(=O)OCc2ccccc2)C(=O)N1[C@@H](CC1CCNC1=O)C(=O)C(=O)NC(C)(C)C. The summed E-state index contributed by atoms with van der Waals surface area (Å²) in [6.07, 6.45) is 0.0716. The van der Waals surface area contributed by atoms with Crippen LogP contribution in [0, 0.1) is 5.92 Å². The van der Waals surface area contributed by atoms with Gasteiger partial charge >= 0.3 is 6.09 Å². The maximum absolute atomic E-state index is 13.3. The highest BCUT2D eigenvalue weighted by atomic mass is 16.5. The number of likely N-dealkylation sites (tertiary alicyclic amines) is 1. The molecule has 0 saturated carbocycles. The lowest BCUT2D eigenvalue weighted by molar-refractivity contribution is -0.147. The second-order valence-corrected chi connectivity index (χ2v) is 10.2. The van der Waals surface area contributed by atoms with Crippen molar-refractivity contribution in [1.82, 2.24) is 20.9 Å². The number of Topliss-reactive ketones (excluding diaryl/α,β-unsaturated/α-hetero) is 1. The summed E-state index contributed by atoms with van der Waals surface area (Å²) in [6.45, 7) is 7.55. The van der Waals surface area contributed by atoms with Crippen molar-refractivity contribution in [3.63, 3.8) is 0 Å². The van der Waals surface area contributed by atoms with E-state index in [-0.39, 0.29) is 25.4 Å². The molecule has 3 N–H and O–H groups in total. The Hall–Kier alpha value is -3.43. The number of nitrogens with zero attached hydrogens (tertiary/aromatic N) is 1. The van der Waals surface area contributed by atoms with Crippen LogP contribution in [0.1, 0.15) is 52.5 Å². The Bertz CT molecular complexity index is 974. The van der Waals surface area contributed by atoms with Gasteiger partial charge in [0, 0.05) is 24.0 Å². The van der Waals surface area contributed by atoms with Crippen LogP contribution in [0.5, 0.6) is 0 Å². The minimum absolute atomic E-state index is 0.0451. The van der Waals surface area contributed by atoms with Crippen molar-refractivity contribution in [2.45, 2.75) is 77.2 Å². The number of benzene rings is 1. The molecule has 2 aliphatic heterocycles. The van der Waals surface area contributed by atoms with Crippen LogP contribution in [0.4, 0.5) is 4.79 Å². The molecule has 10 heteroatoms. The van der Waals surface area contributed by atoms with E-state index < -0.39 is 53.3 Å². The van der Waals surface area contributed by atoms with E-state index in [1.165, 1.54) is 4.90 Å². The molecule has 4 amide bonds. The van der Waals surface area contributed by atoms with E-state index in [0.717, 1.165) is 5.56 Å². The van der Waals surface area contributed by atoms with Gasteiger partial charge in [-0.3, -0.25) is 19.2 Å². The first-order valence-electron chi connectivity index (χ1n) is 11.9. The molecule has 190 valence electrons. The summed E-state index contributed by atoms with van der Waals surface area (Å²) in [5.74, 6) is -2.73. The van der Waals surface area contributed by atoms with Crippen LogP contribution in [-0.2, 0) is 30.5 Å². The Kier molecular flexibility index (Phi) is 8.14. The summed E-state index contributed by atoms with van der Waals surface area (Å²) >= 11 is 0. The van der Waals surface area contributed by atoms with Crippen LogP contribution in [0.25, 0.3) is 0 Å². The Balaban J connectivity index is 1.71. The van der Waals surface area contributed by atoms with Crippen LogP contribution in [0.2, 0.25) is 0 Å². The van der Waals surface area contributed by atoms with E-state index >= 15 is 0 Å². The van der Waals surface area contributed by atoms with Crippen molar-refractivity contribution in [3.05, 3.63) is 35.9 Å². The van der Waals surface area contributed by atoms with Gasteiger partial charge in [0.05, 0.1) is 0 Å². The first-order chi connectivity index (χ1) is 16.5.